The van der Waals surface area contributed by atoms with Crippen molar-refractivity contribution < 1.29 is 4.79 Å². The lowest BCUT2D eigenvalue weighted by molar-refractivity contribution is -0.134. The van der Waals surface area contributed by atoms with Crippen molar-refractivity contribution in [2.24, 2.45) is 4.99 Å². The third kappa shape index (κ3) is 2.61. The molecule has 5 heteroatoms. The number of amidine groups is 1. The van der Waals surface area contributed by atoms with Gasteiger partial charge < -0.3 is 5.32 Å². The van der Waals surface area contributed by atoms with Gasteiger partial charge >= 0.3 is 0 Å². The van der Waals surface area contributed by atoms with Crippen LogP contribution in [-0.4, -0.2) is 65.3 Å². The van der Waals surface area contributed by atoms with Crippen LogP contribution < -0.4 is 5.32 Å². The number of rotatable bonds is 2. The van der Waals surface area contributed by atoms with E-state index >= 15 is 0 Å². The average molecular weight is 292 g/mol. The fourth-order valence-electron chi connectivity index (χ4n) is 4.21. The topological polar surface area (TPSA) is 47.9 Å². The van der Waals surface area contributed by atoms with Crippen molar-refractivity contribution in [2.45, 2.75) is 64.1 Å². The largest absolute Gasteiger partial charge is 0.317 e. The first-order valence-corrected chi connectivity index (χ1v) is 8.38. The van der Waals surface area contributed by atoms with Crippen LogP contribution >= 0.6 is 0 Å². The lowest BCUT2D eigenvalue weighted by Gasteiger charge is -2.43. The van der Waals surface area contributed by atoms with Crippen molar-refractivity contribution in [1.82, 2.24) is 15.1 Å². The molecule has 1 unspecified atom stereocenters. The predicted octanol–water partition coefficient (Wildman–Crippen LogP) is 1.24. The molecule has 0 aliphatic carbocycles. The zero-order chi connectivity index (χ0) is 15.0. The fourth-order valence-corrected chi connectivity index (χ4v) is 4.21. The van der Waals surface area contributed by atoms with Gasteiger partial charge in [-0.15, -0.1) is 0 Å². The van der Waals surface area contributed by atoms with Gasteiger partial charge in [0.1, 0.15) is 5.84 Å². The van der Waals surface area contributed by atoms with Gasteiger partial charge in [-0.3, -0.25) is 19.6 Å². The number of likely N-dealkylation sites (tertiary alicyclic amines) is 1. The van der Waals surface area contributed by atoms with Crippen molar-refractivity contribution >= 4 is 11.7 Å². The second-order valence-electron chi connectivity index (χ2n) is 7.01. The molecule has 3 rings (SSSR count). The molecule has 0 aromatic carbocycles. The Morgan fingerprint density at radius 2 is 2.05 bits per heavy atom. The molecule has 1 N–H and O–H groups in total. The first-order valence-electron chi connectivity index (χ1n) is 8.38. The van der Waals surface area contributed by atoms with E-state index in [1.807, 2.05) is 11.8 Å². The van der Waals surface area contributed by atoms with Crippen molar-refractivity contribution in [1.29, 1.82) is 0 Å². The standard InChI is InChI=1S/C16H28N4O/c1-12(2)20-13(3)18-16(15(20)21)7-4-10-19(11-16)14-5-8-17-9-6-14/h12,14,17H,4-11H2,1-3H3. The number of amides is 1. The van der Waals surface area contributed by atoms with Gasteiger partial charge in [-0.05, 0) is 66.1 Å². The van der Waals surface area contributed by atoms with Crippen LogP contribution in [0.4, 0.5) is 0 Å². The molecule has 5 nitrogen and oxygen atoms in total. The minimum atomic E-state index is -0.489. The van der Waals surface area contributed by atoms with Crippen LogP contribution in [0.3, 0.4) is 0 Å². The molecule has 1 atom stereocenters. The zero-order valence-corrected chi connectivity index (χ0v) is 13.6. The van der Waals surface area contributed by atoms with E-state index in [-0.39, 0.29) is 11.9 Å². The molecule has 1 spiro atoms. The molecular weight excluding hydrogens is 264 g/mol. The number of nitrogens with one attached hydrogen (secondary N) is 1. The number of aliphatic imine (C=N–C) groups is 1. The summed E-state index contributed by atoms with van der Waals surface area (Å²) < 4.78 is 0. The average Bonchev–Trinajstić information content (AvgIpc) is 2.70. The molecule has 0 aromatic rings. The van der Waals surface area contributed by atoms with Crippen molar-refractivity contribution in [3.8, 4) is 0 Å². The fraction of sp³-hybridized carbons (Fsp3) is 0.875. The van der Waals surface area contributed by atoms with E-state index in [0.717, 1.165) is 44.9 Å². The summed E-state index contributed by atoms with van der Waals surface area (Å²) in [6.07, 6.45) is 4.38. The maximum absolute atomic E-state index is 12.9. The van der Waals surface area contributed by atoms with Gasteiger partial charge in [0.05, 0.1) is 0 Å². The lowest BCUT2D eigenvalue weighted by atomic mass is 9.87. The maximum atomic E-state index is 12.9. The Kier molecular flexibility index (Phi) is 4.06. The molecule has 0 radical (unpaired) electrons. The van der Waals surface area contributed by atoms with Gasteiger partial charge in [0.15, 0.2) is 5.54 Å². The third-order valence-corrected chi connectivity index (χ3v) is 5.18. The highest BCUT2D eigenvalue weighted by molar-refractivity contribution is 6.07. The van der Waals surface area contributed by atoms with Crippen molar-refractivity contribution in [2.75, 3.05) is 26.2 Å². The number of hydrogen-bond acceptors (Lipinski definition) is 4. The molecule has 21 heavy (non-hydrogen) atoms. The van der Waals surface area contributed by atoms with Crippen molar-refractivity contribution in [3.63, 3.8) is 0 Å². The monoisotopic (exact) mass is 292 g/mol. The van der Waals surface area contributed by atoms with E-state index in [0.29, 0.717) is 6.04 Å². The quantitative estimate of drug-likeness (QED) is 0.833. The van der Waals surface area contributed by atoms with Gasteiger partial charge in [-0.25, -0.2) is 0 Å². The number of hydrogen-bond donors (Lipinski definition) is 1. The van der Waals surface area contributed by atoms with Crippen LogP contribution in [0.2, 0.25) is 0 Å². The Morgan fingerprint density at radius 3 is 2.67 bits per heavy atom. The van der Waals surface area contributed by atoms with Crippen LogP contribution in [-0.2, 0) is 4.79 Å². The summed E-state index contributed by atoms with van der Waals surface area (Å²) in [5, 5.41) is 3.42. The summed E-state index contributed by atoms with van der Waals surface area (Å²) in [6.45, 7) is 10.3. The van der Waals surface area contributed by atoms with Gasteiger partial charge in [-0.1, -0.05) is 0 Å². The Bertz CT molecular complexity index is 442. The zero-order valence-electron chi connectivity index (χ0n) is 13.6. The second-order valence-corrected chi connectivity index (χ2v) is 7.01. The maximum Gasteiger partial charge on any atom is 0.257 e. The highest BCUT2D eigenvalue weighted by atomic mass is 16.2. The number of piperidine rings is 2. The molecule has 1 amide bonds. The molecule has 2 saturated heterocycles. The smallest absolute Gasteiger partial charge is 0.257 e. The number of carbonyl (C=O) groups excluding carboxylic acids is 1. The van der Waals surface area contributed by atoms with Crippen LogP contribution in [0.1, 0.15) is 46.5 Å². The van der Waals surface area contributed by atoms with E-state index in [1.165, 1.54) is 12.8 Å². The first kappa shape index (κ1) is 15.0. The van der Waals surface area contributed by atoms with E-state index in [2.05, 4.69) is 24.1 Å². The van der Waals surface area contributed by atoms with E-state index in [9.17, 15) is 4.79 Å². The first-order chi connectivity index (χ1) is 10.0. The molecule has 0 aromatic heterocycles. The molecular formula is C16H28N4O. The Hall–Kier alpha value is -0.940. The summed E-state index contributed by atoms with van der Waals surface area (Å²) in [6, 6.07) is 0.828. The Morgan fingerprint density at radius 1 is 1.33 bits per heavy atom. The predicted molar refractivity (Wildman–Crippen MR) is 84.5 cm³/mol. The van der Waals surface area contributed by atoms with Crippen LogP contribution in [0.25, 0.3) is 0 Å². The normalized spacial score (nSPS) is 32.3. The van der Waals surface area contributed by atoms with E-state index in [4.69, 9.17) is 4.99 Å². The molecule has 0 bridgehead atoms. The van der Waals surface area contributed by atoms with E-state index < -0.39 is 5.54 Å². The van der Waals surface area contributed by atoms with Gasteiger partial charge in [-0.2, -0.15) is 0 Å². The molecule has 118 valence electrons. The number of nitrogens with zero attached hydrogens (tertiary/aromatic N) is 3. The Labute approximate surface area is 127 Å². The summed E-state index contributed by atoms with van der Waals surface area (Å²) in [5.74, 6) is 1.13. The summed E-state index contributed by atoms with van der Waals surface area (Å²) >= 11 is 0. The molecule has 2 fully saturated rings. The summed E-state index contributed by atoms with van der Waals surface area (Å²) in [5.41, 5.74) is -0.489. The van der Waals surface area contributed by atoms with E-state index in [1.54, 1.807) is 0 Å². The summed E-state index contributed by atoms with van der Waals surface area (Å²) in [4.78, 5) is 22.2. The summed E-state index contributed by atoms with van der Waals surface area (Å²) in [7, 11) is 0. The highest BCUT2D eigenvalue weighted by Crippen LogP contribution is 2.34. The van der Waals surface area contributed by atoms with Crippen LogP contribution in [0.5, 0.6) is 0 Å². The number of carbonyl (C=O) groups is 1. The van der Waals surface area contributed by atoms with Crippen molar-refractivity contribution in [3.05, 3.63) is 0 Å². The Balaban J connectivity index is 1.77. The second kappa shape index (κ2) is 5.69. The molecule has 3 aliphatic heterocycles. The lowest BCUT2D eigenvalue weighted by Crippen LogP contribution is -2.57. The highest BCUT2D eigenvalue weighted by Gasteiger charge is 2.50. The molecule has 3 heterocycles. The molecule has 0 saturated carbocycles. The molecule has 3 aliphatic rings. The van der Waals surface area contributed by atoms with Crippen LogP contribution in [0.15, 0.2) is 4.99 Å². The third-order valence-electron chi connectivity index (χ3n) is 5.18. The van der Waals surface area contributed by atoms with Gasteiger partial charge in [0.25, 0.3) is 5.91 Å². The minimum Gasteiger partial charge on any atom is -0.317 e. The van der Waals surface area contributed by atoms with Crippen LogP contribution in [0, 0.1) is 0 Å². The SMILES string of the molecule is CC1=NC2(CCCN(C3CCNCC3)C2)C(=O)N1C(C)C. The van der Waals surface area contributed by atoms with Gasteiger partial charge in [0.2, 0.25) is 0 Å². The minimum absolute atomic E-state index is 0.204. The van der Waals surface area contributed by atoms with Gasteiger partial charge in [0, 0.05) is 18.6 Å².